The topological polar surface area (TPSA) is 81.4 Å². The minimum atomic E-state index is -3.50. The third-order valence-electron chi connectivity index (χ3n) is 2.43. The normalized spacial score (nSPS) is 12.0. The summed E-state index contributed by atoms with van der Waals surface area (Å²) >= 11 is 0. The largest absolute Gasteiger partial charge is 0.374 e. The van der Waals surface area contributed by atoms with Gasteiger partial charge in [0.05, 0.1) is 12.4 Å². The van der Waals surface area contributed by atoms with Crippen LogP contribution in [0.2, 0.25) is 0 Å². The van der Waals surface area contributed by atoms with Crippen molar-refractivity contribution >= 4 is 10.0 Å². The average Bonchev–Trinajstić information content (AvgIpc) is 2.38. The van der Waals surface area contributed by atoms with E-state index in [2.05, 4.69) is 9.46 Å². The van der Waals surface area contributed by atoms with Crippen molar-refractivity contribution in [3.05, 3.63) is 35.4 Å². The minimum absolute atomic E-state index is 0.0318. The number of ether oxygens (including phenoxy) is 1. The Balaban J connectivity index is 2.36. The second-order valence-electron chi connectivity index (χ2n) is 4.14. The van der Waals surface area contributed by atoms with Gasteiger partial charge in [0.1, 0.15) is 6.61 Å². The van der Waals surface area contributed by atoms with Crippen LogP contribution in [0.5, 0.6) is 0 Å². The first kappa shape index (κ1) is 17.0. The number of alkyl halides is 2. The monoisotopic (exact) mass is 308 g/mol. The molecule has 20 heavy (non-hydrogen) atoms. The van der Waals surface area contributed by atoms with Gasteiger partial charge in [-0.3, -0.25) is 0 Å². The zero-order valence-corrected chi connectivity index (χ0v) is 11.7. The second-order valence-corrected chi connectivity index (χ2v) is 5.95. The molecule has 8 heteroatoms. The van der Waals surface area contributed by atoms with E-state index in [1.807, 2.05) is 0 Å². The fraction of sp³-hybridized carbons (Fsp3) is 0.500. The van der Waals surface area contributed by atoms with Gasteiger partial charge in [0.2, 0.25) is 10.0 Å². The maximum Gasteiger partial charge on any atom is 0.261 e. The molecule has 1 aromatic carbocycles. The van der Waals surface area contributed by atoms with Gasteiger partial charge >= 0.3 is 0 Å². The molecule has 5 nitrogen and oxygen atoms in total. The Morgan fingerprint density at radius 1 is 1.20 bits per heavy atom. The van der Waals surface area contributed by atoms with E-state index in [-0.39, 0.29) is 18.9 Å². The van der Waals surface area contributed by atoms with Crippen LogP contribution in [0, 0.1) is 0 Å². The lowest BCUT2D eigenvalue weighted by Crippen LogP contribution is -2.29. The lowest BCUT2D eigenvalue weighted by atomic mass is 10.1. The van der Waals surface area contributed by atoms with Crippen LogP contribution < -0.4 is 10.5 Å². The fourth-order valence-electron chi connectivity index (χ4n) is 1.48. The summed E-state index contributed by atoms with van der Waals surface area (Å²) in [6.45, 7) is -0.416. The highest BCUT2D eigenvalue weighted by molar-refractivity contribution is 7.88. The maximum atomic E-state index is 11.8. The Kier molecular flexibility index (Phi) is 7.00. The molecular weight excluding hydrogens is 290 g/mol. The number of halogens is 2. The number of hydrogen-bond acceptors (Lipinski definition) is 4. The Morgan fingerprint density at radius 3 is 2.35 bits per heavy atom. The van der Waals surface area contributed by atoms with Gasteiger partial charge in [-0.1, -0.05) is 24.3 Å². The SMILES string of the molecule is NCc1ccc(CS(=O)(=O)NCCOCC(F)F)cc1. The lowest BCUT2D eigenvalue weighted by Gasteiger charge is -2.08. The third kappa shape index (κ3) is 6.90. The molecule has 0 aromatic heterocycles. The van der Waals surface area contributed by atoms with E-state index in [1.165, 1.54) is 0 Å². The number of sulfonamides is 1. The van der Waals surface area contributed by atoms with Crippen LogP contribution in [0.4, 0.5) is 8.78 Å². The molecule has 0 aliphatic heterocycles. The molecule has 0 amide bonds. The molecule has 0 spiro atoms. The number of hydrogen-bond donors (Lipinski definition) is 2. The van der Waals surface area contributed by atoms with Gasteiger partial charge in [0, 0.05) is 13.1 Å². The minimum Gasteiger partial charge on any atom is -0.374 e. The number of rotatable bonds is 9. The van der Waals surface area contributed by atoms with Crippen molar-refractivity contribution in [1.29, 1.82) is 0 Å². The first-order valence-electron chi connectivity index (χ1n) is 6.04. The molecular formula is C12H18F2N2O3S. The zero-order valence-electron chi connectivity index (χ0n) is 10.9. The highest BCUT2D eigenvalue weighted by atomic mass is 32.2. The van der Waals surface area contributed by atoms with Gasteiger partial charge in [-0.2, -0.15) is 0 Å². The molecule has 0 atom stereocenters. The van der Waals surface area contributed by atoms with E-state index >= 15 is 0 Å². The first-order chi connectivity index (χ1) is 9.43. The van der Waals surface area contributed by atoms with E-state index in [4.69, 9.17) is 5.73 Å². The molecule has 1 aromatic rings. The molecule has 0 aliphatic rings. The maximum absolute atomic E-state index is 11.8. The van der Waals surface area contributed by atoms with Crippen molar-refractivity contribution in [2.45, 2.75) is 18.7 Å². The van der Waals surface area contributed by atoms with Gasteiger partial charge in [-0.25, -0.2) is 21.9 Å². The van der Waals surface area contributed by atoms with E-state index < -0.39 is 23.1 Å². The molecule has 3 N–H and O–H groups in total. The van der Waals surface area contributed by atoms with Gasteiger partial charge in [-0.15, -0.1) is 0 Å². The van der Waals surface area contributed by atoms with Crippen LogP contribution in [0.15, 0.2) is 24.3 Å². The Morgan fingerprint density at radius 2 is 1.80 bits per heavy atom. The first-order valence-corrected chi connectivity index (χ1v) is 7.69. The van der Waals surface area contributed by atoms with Gasteiger partial charge in [0.25, 0.3) is 6.43 Å². The molecule has 0 heterocycles. The van der Waals surface area contributed by atoms with Crippen LogP contribution in [0.1, 0.15) is 11.1 Å². The van der Waals surface area contributed by atoms with Crippen molar-refractivity contribution in [3.63, 3.8) is 0 Å². The molecule has 0 saturated heterocycles. The highest BCUT2D eigenvalue weighted by Gasteiger charge is 2.11. The molecule has 0 unspecified atom stereocenters. The summed E-state index contributed by atoms with van der Waals surface area (Å²) in [6, 6.07) is 6.90. The van der Waals surface area contributed by atoms with E-state index in [0.717, 1.165) is 5.56 Å². The summed E-state index contributed by atoms with van der Waals surface area (Å²) in [7, 11) is -3.50. The van der Waals surface area contributed by atoms with E-state index in [1.54, 1.807) is 24.3 Å². The van der Waals surface area contributed by atoms with Crippen molar-refractivity contribution in [3.8, 4) is 0 Å². The molecule has 0 bridgehead atoms. The summed E-state index contributed by atoms with van der Waals surface area (Å²) in [5.74, 6) is -0.174. The summed E-state index contributed by atoms with van der Waals surface area (Å²) < 4.78 is 53.8. The standard InChI is InChI=1S/C12H18F2N2O3S/c13-12(14)8-19-6-5-16-20(17,18)9-11-3-1-10(7-15)2-4-11/h1-4,12,16H,5-9,15H2. The summed E-state index contributed by atoms with van der Waals surface area (Å²) in [5.41, 5.74) is 6.99. The van der Waals surface area contributed by atoms with Crippen molar-refractivity contribution in [1.82, 2.24) is 4.72 Å². The predicted molar refractivity (Wildman–Crippen MR) is 71.8 cm³/mol. The Labute approximate surface area is 117 Å². The number of nitrogens with two attached hydrogens (primary N) is 1. The highest BCUT2D eigenvalue weighted by Crippen LogP contribution is 2.07. The molecule has 1 rings (SSSR count). The molecule has 0 aliphatic carbocycles. The van der Waals surface area contributed by atoms with E-state index in [0.29, 0.717) is 12.1 Å². The van der Waals surface area contributed by atoms with Crippen LogP contribution in [-0.4, -0.2) is 34.6 Å². The Bertz CT molecular complexity index is 492. The number of nitrogens with one attached hydrogen (secondary N) is 1. The Hall–Kier alpha value is -1.09. The van der Waals surface area contributed by atoms with E-state index in [9.17, 15) is 17.2 Å². The van der Waals surface area contributed by atoms with Gasteiger partial charge in [0.15, 0.2) is 0 Å². The third-order valence-corrected chi connectivity index (χ3v) is 3.78. The van der Waals surface area contributed by atoms with Crippen molar-refractivity contribution < 1.29 is 21.9 Å². The second kappa shape index (κ2) is 8.25. The fourth-order valence-corrected chi connectivity index (χ4v) is 2.61. The van der Waals surface area contributed by atoms with Crippen LogP contribution in [0.25, 0.3) is 0 Å². The molecule has 0 saturated carbocycles. The zero-order chi connectivity index (χ0) is 15.0. The van der Waals surface area contributed by atoms with Gasteiger partial charge in [-0.05, 0) is 11.1 Å². The van der Waals surface area contributed by atoms with Crippen molar-refractivity contribution in [2.75, 3.05) is 19.8 Å². The predicted octanol–water partition coefficient (Wildman–Crippen LogP) is 0.846. The van der Waals surface area contributed by atoms with Crippen LogP contribution in [0.3, 0.4) is 0 Å². The quantitative estimate of drug-likeness (QED) is 0.663. The summed E-state index contributed by atoms with van der Waals surface area (Å²) in [6.07, 6.45) is -2.55. The van der Waals surface area contributed by atoms with Crippen LogP contribution in [-0.2, 0) is 27.1 Å². The van der Waals surface area contributed by atoms with Gasteiger partial charge < -0.3 is 10.5 Å². The van der Waals surface area contributed by atoms with Crippen molar-refractivity contribution in [2.24, 2.45) is 5.73 Å². The smallest absolute Gasteiger partial charge is 0.261 e. The average molecular weight is 308 g/mol. The van der Waals surface area contributed by atoms with Crippen LogP contribution >= 0.6 is 0 Å². The summed E-state index contributed by atoms with van der Waals surface area (Å²) in [4.78, 5) is 0. The molecule has 0 radical (unpaired) electrons. The summed E-state index contributed by atoms with van der Waals surface area (Å²) in [5, 5.41) is 0. The molecule has 114 valence electrons. The lowest BCUT2D eigenvalue weighted by molar-refractivity contribution is 0.0199. The number of benzene rings is 1. The molecule has 0 fully saturated rings.